The van der Waals surface area contributed by atoms with E-state index in [0.29, 0.717) is 5.65 Å². The van der Waals surface area contributed by atoms with Gasteiger partial charge >= 0.3 is 0 Å². The van der Waals surface area contributed by atoms with Gasteiger partial charge in [-0.1, -0.05) is 0 Å². The summed E-state index contributed by atoms with van der Waals surface area (Å²) >= 11 is 0. The van der Waals surface area contributed by atoms with Crippen molar-refractivity contribution in [1.82, 2.24) is 20.2 Å². The number of rotatable bonds is 1. The average Bonchev–Trinajstić information content (AvgIpc) is 2.71. The summed E-state index contributed by atoms with van der Waals surface area (Å²) in [6, 6.07) is 0. The molecular weight excluding hydrogens is 256 g/mol. The zero-order valence-corrected chi connectivity index (χ0v) is 12.3. The maximum atomic E-state index is 6.10. The lowest BCUT2D eigenvalue weighted by Gasteiger charge is -2.47. The summed E-state index contributed by atoms with van der Waals surface area (Å²) in [5.41, 5.74) is 5.95. The van der Waals surface area contributed by atoms with Gasteiger partial charge in [-0.15, -0.1) is 0 Å². The number of aromatic nitrogens is 4. The molecule has 2 aromatic heterocycles. The minimum atomic E-state index is -0.252. The molecule has 0 unspecified atom stereocenters. The van der Waals surface area contributed by atoms with E-state index < -0.39 is 0 Å². The second kappa shape index (κ2) is 4.05. The Morgan fingerprint density at radius 2 is 1.85 bits per heavy atom. The Morgan fingerprint density at radius 1 is 1.20 bits per heavy atom. The van der Waals surface area contributed by atoms with Crippen molar-refractivity contribution in [1.29, 1.82) is 0 Å². The molecule has 0 aromatic carbocycles. The molecule has 7 nitrogen and oxygen atoms in total. The molecule has 0 radical (unpaired) electrons. The number of aromatic amines is 1. The van der Waals surface area contributed by atoms with Gasteiger partial charge in [-0.2, -0.15) is 15.1 Å². The van der Waals surface area contributed by atoms with Crippen LogP contribution in [0.3, 0.4) is 0 Å². The van der Waals surface area contributed by atoms with E-state index in [1.165, 1.54) is 0 Å². The smallest absolute Gasteiger partial charge is 0.224 e. The molecular formula is C13H20N6O. The standard InChI is InChI=1S/C13H20N6O/c1-12(2)6-19(7-13(3,4)20-12)10-8-5-15-18-9(8)16-11(14)17-10/h5H,6-7H2,1-4H3,(H3,14,15,16,17,18). The second-order valence-corrected chi connectivity index (χ2v) is 6.52. The van der Waals surface area contributed by atoms with Gasteiger partial charge in [-0.05, 0) is 27.7 Å². The fourth-order valence-corrected chi connectivity index (χ4v) is 3.01. The summed E-state index contributed by atoms with van der Waals surface area (Å²) < 4.78 is 6.10. The van der Waals surface area contributed by atoms with Crippen LogP contribution < -0.4 is 10.6 Å². The molecule has 3 heterocycles. The Hall–Kier alpha value is -1.89. The molecule has 1 fully saturated rings. The summed E-state index contributed by atoms with van der Waals surface area (Å²) in [6.45, 7) is 9.81. The van der Waals surface area contributed by atoms with Gasteiger partial charge in [-0.25, -0.2) is 0 Å². The van der Waals surface area contributed by atoms with Crippen LogP contribution in [0, 0.1) is 0 Å². The summed E-state index contributed by atoms with van der Waals surface area (Å²) in [7, 11) is 0. The molecule has 108 valence electrons. The molecule has 1 saturated heterocycles. The Morgan fingerprint density at radius 3 is 2.50 bits per heavy atom. The number of nitrogens with zero attached hydrogens (tertiary/aromatic N) is 4. The first kappa shape index (κ1) is 13.1. The number of nitrogen functional groups attached to an aromatic ring is 1. The Balaban J connectivity index is 2.08. The van der Waals surface area contributed by atoms with E-state index in [1.54, 1.807) is 6.20 Å². The zero-order valence-electron chi connectivity index (χ0n) is 12.3. The third-order valence-corrected chi connectivity index (χ3v) is 3.30. The molecule has 2 aromatic rings. The van der Waals surface area contributed by atoms with Crippen LogP contribution in [0.25, 0.3) is 11.0 Å². The van der Waals surface area contributed by atoms with E-state index in [4.69, 9.17) is 10.5 Å². The van der Waals surface area contributed by atoms with Crippen molar-refractivity contribution in [3.8, 4) is 0 Å². The van der Waals surface area contributed by atoms with E-state index in [-0.39, 0.29) is 17.2 Å². The van der Waals surface area contributed by atoms with E-state index in [9.17, 15) is 0 Å². The highest BCUT2D eigenvalue weighted by Gasteiger charge is 2.39. The van der Waals surface area contributed by atoms with Gasteiger partial charge in [0.2, 0.25) is 5.95 Å². The predicted octanol–water partition coefficient (Wildman–Crippen LogP) is 1.33. The van der Waals surface area contributed by atoms with Gasteiger partial charge < -0.3 is 15.4 Å². The van der Waals surface area contributed by atoms with Crippen LogP contribution in [0.5, 0.6) is 0 Å². The summed E-state index contributed by atoms with van der Waals surface area (Å²) in [6.07, 6.45) is 1.74. The largest absolute Gasteiger partial charge is 0.368 e. The van der Waals surface area contributed by atoms with Crippen molar-refractivity contribution < 1.29 is 4.74 Å². The van der Waals surface area contributed by atoms with Crippen molar-refractivity contribution in [2.24, 2.45) is 0 Å². The quantitative estimate of drug-likeness (QED) is 0.816. The molecule has 20 heavy (non-hydrogen) atoms. The van der Waals surface area contributed by atoms with Crippen molar-refractivity contribution in [3.05, 3.63) is 6.20 Å². The predicted molar refractivity (Wildman–Crippen MR) is 77.6 cm³/mol. The normalized spacial score (nSPS) is 21.3. The van der Waals surface area contributed by atoms with Crippen LogP contribution in [-0.2, 0) is 4.74 Å². The lowest BCUT2D eigenvalue weighted by molar-refractivity contribution is -0.133. The number of hydrogen-bond donors (Lipinski definition) is 2. The molecule has 0 aliphatic carbocycles. The second-order valence-electron chi connectivity index (χ2n) is 6.52. The fraction of sp³-hybridized carbons (Fsp3) is 0.615. The minimum Gasteiger partial charge on any atom is -0.368 e. The summed E-state index contributed by atoms with van der Waals surface area (Å²) in [5, 5.41) is 7.75. The van der Waals surface area contributed by atoms with E-state index >= 15 is 0 Å². The van der Waals surface area contributed by atoms with Crippen LogP contribution in [0.2, 0.25) is 0 Å². The summed E-state index contributed by atoms with van der Waals surface area (Å²) in [5.74, 6) is 1.06. The number of anilines is 2. The van der Waals surface area contributed by atoms with Crippen molar-refractivity contribution in [2.75, 3.05) is 23.7 Å². The van der Waals surface area contributed by atoms with Crippen LogP contribution in [0.15, 0.2) is 6.20 Å². The van der Waals surface area contributed by atoms with E-state index in [2.05, 4.69) is 52.8 Å². The average molecular weight is 276 g/mol. The van der Waals surface area contributed by atoms with Crippen LogP contribution in [0.4, 0.5) is 11.8 Å². The number of ether oxygens (including phenoxy) is 1. The fourth-order valence-electron chi connectivity index (χ4n) is 3.01. The maximum absolute atomic E-state index is 6.10. The third-order valence-electron chi connectivity index (χ3n) is 3.30. The molecule has 3 rings (SSSR count). The number of H-pyrrole nitrogens is 1. The van der Waals surface area contributed by atoms with Crippen LogP contribution >= 0.6 is 0 Å². The van der Waals surface area contributed by atoms with Gasteiger partial charge in [0.25, 0.3) is 0 Å². The van der Waals surface area contributed by atoms with Gasteiger partial charge in [0, 0.05) is 13.1 Å². The molecule has 0 spiro atoms. The number of hydrogen-bond acceptors (Lipinski definition) is 6. The molecule has 1 aliphatic rings. The highest BCUT2D eigenvalue weighted by molar-refractivity contribution is 5.87. The summed E-state index contributed by atoms with van der Waals surface area (Å²) in [4.78, 5) is 10.8. The molecule has 1 aliphatic heterocycles. The zero-order chi connectivity index (χ0) is 14.5. The first-order valence-corrected chi connectivity index (χ1v) is 6.68. The van der Waals surface area contributed by atoms with E-state index in [0.717, 1.165) is 24.3 Å². The number of nitrogens with two attached hydrogens (primary N) is 1. The highest BCUT2D eigenvalue weighted by Crippen LogP contribution is 2.33. The number of nitrogens with one attached hydrogen (secondary N) is 1. The molecule has 3 N–H and O–H groups in total. The monoisotopic (exact) mass is 276 g/mol. The van der Waals surface area contributed by atoms with E-state index in [1.807, 2.05) is 0 Å². The Labute approximate surface area is 117 Å². The lowest BCUT2D eigenvalue weighted by Crippen LogP contribution is -2.57. The number of morpholine rings is 1. The lowest BCUT2D eigenvalue weighted by atomic mass is 9.99. The van der Waals surface area contributed by atoms with Crippen molar-refractivity contribution in [2.45, 2.75) is 38.9 Å². The SMILES string of the molecule is CC1(C)CN(c2nc(N)nc3[nH]ncc23)CC(C)(C)O1. The molecule has 0 bridgehead atoms. The molecule has 0 atom stereocenters. The van der Waals surface area contributed by atoms with Crippen molar-refractivity contribution in [3.63, 3.8) is 0 Å². The first-order valence-electron chi connectivity index (χ1n) is 6.68. The topological polar surface area (TPSA) is 93.0 Å². The molecule has 0 amide bonds. The van der Waals surface area contributed by atoms with Crippen molar-refractivity contribution >= 4 is 22.8 Å². The minimum absolute atomic E-state index is 0.249. The Kier molecular flexibility index (Phi) is 2.66. The van der Waals surface area contributed by atoms with Gasteiger partial charge in [-0.3, -0.25) is 5.10 Å². The first-order chi connectivity index (χ1) is 9.26. The highest BCUT2D eigenvalue weighted by atomic mass is 16.5. The van der Waals surface area contributed by atoms with Gasteiger partial charge in [0.1, 0.15) is 5.82 Å². The van der Waals surface area contributed by atoms with Crippen LogP contribution in [0.1, 0.15) is 27.7 Å². The third kappa shape index (κ3) is 2.29. The molecule has 7 heteroatoms. The van der Waals surface area contributed by atoms with Crippen LogP contribution in [-0.4, -0.2) is 44.5 Å². The Bertz CT molecular complexity index is 631. The maximum Gasteiger partial charge on any atom is 0.224 e. The number of fused-ring (bicyclic) bond motifs is 1. The molecule has 0 saturated carbocycles. The van der Waals surface area contributed by atoms with Gasteiger partial charge in [0.15, 0.2) is 5.65 Å². The van der Waals surface area contributed by atoms with Gasteiger partial charge in [0.05, 0.1) is 22.8 Å².